The van der Waals surface area contributed by atoms with Crippen LogP contribution in [0.4, 0.5) is 5.69 Å². The van der Waals surface area contributed by atoms with Gasteiger partial charge in [-0.2, -0.15) is 0 Å². The van der Waals surface area contributed by atoms with E-state index in [1.54, 1.807) is 26.1 Å². The van der Waals surface area contributed by atoms with Crippen LogP contribution in [0, 0.1) is 16.0 Å². The number of nitrogens with zero attached hydrogens (tertiary/aromatic N) is 2. The molecule has 0 aromatic heterocycles. The first-order valence-corrected chi connectivity index (χ1v) is 6.60. The Hall–Kier alpha value is -1.95. The fraction of sp³-hybridized carbons (Fsp3) is 0.500. The predicted molar refractivity (Wildman–Crippen MR) is 74.9 cm³/mol. The molecule has 1 unspecified atom stereocenters. The summed E-state index contributed by atoms with van der Waals surface area (Å²) in [5, 5.41) is 10.7. The lowest BCUT2D eigenvalue weighted by molar-refractivity contribution is -0.384. The number of nitro benzene ring substituents is 1. The zero-order valence-electron chi connectivity index (χ0n) is 11.7. The number of non-ortho nitro benzene ring substituents is 1. The Balaban J connectivity index is 2.07. The molecule has 0 spiro atoms. The van der Waals surface area contributed by atoms with Crippen LogP contribution in [-0.2, 0) is 11.3 Å². The van der Waals surface area contributed by atoms with Gasteiger partial charge in [0, 0.05) is 25.7 Å². The van der Waals surface area contributed by atoms with Gasteiger partial charge < -0.3 is 10.6 Å². The molecule has 0 bridgehead atoms. The van der Waals surface area contributed by atoms with Crippen LogP contribution in [0.3, 0.4) is 0 Å². The third-order valence-corrected chi connectivity index (χ3v) is 3.77. The van der Waals surface area contributed by atoms with Crippen molar-refractivity contribution in [2.75, 3.05) is 7.05 Å². The highest BCUT2D eigenvalue weighted by Crippen LogP contribution is 2.39. The van der Waals surface area contributed by atoms with Gasteiger partial charge in [0.1, 0.15) is 0 Å². The van der Waals surface area contributed by atoms with E-state index in [9.17, 15) is 14.9 Å². The normalized spacial score (nSPS) is 17.4. The number of carbonyl (C=O) groups excluding carboxylic acids is 1. The van der Waals surface area contributed by atoms with Gasteiger partial charge in [-0.25, -0.2) is 0 Å². The number of nitro groups is 1. The number of benzene rings is 1. The molecule has 108 valence electrons. The maximum absolute atomic E-state index is 12.3. The Kier molecular flexibility index (Phi) is 3.76. The third-order valence-electron chi connectivity index (χ3n) is 3.77. The Labute approximate surface area is 117 Å². The number of amides is 1. The standard InChI is InChI=1S/C14H19N3O3/c1-14(15,11-6-7-11)13(18)16(2)9-10-4-3-5-12(8-10)17(19)20/h3-5,8,11H,6-7,9,15H2,1-2H3. The van der Waals surface area contributed by atoms with E-state index in [4.69, 9.17) is 5.73 Å². The second kappa shape index (κ2) is 5.20. The minimum absolute atomic E-state index is 0.0288. The van der Waals surface area contributed by atoms with Crippen LogP contribution in [0.1, 0.15) is 25.3 Å². The SMILES string of the molecule is CN(Cc1cccc([N+](=O)[O-])c1)C(=O)C(C)(N)C1CC1. The van der Waals surface area contributed by atoms with Crippen LogP contribution < -0.4 is 5.73 Å². The molecule has 2 rings (SSSR count). The summed E-state index contributed by atoms with van der Waals surface area (Å²) in [7, 11) is 1.68. The van der Waals surface area contributed by atoms with Gasteiger partial charge in [0.05, 0.1) is 10.5 Å². The van der Waals surface area contributed by atoms with Crippen LogP contribution in [0.15, 0.2) is 24.3 Å². The van der Waals surface area contributed by atoms with Crippen molar-refractivity contribution in [2.24, 2.45) is 11.7 Å². The molecule has 6 heteroatoms. The van der Waals surface area contributed by atoms with Crippen molar-refractivity contribution in [3.05, 3.63) is 39.9 Å². The van der Waals surface area contributed by atoms with Crippen molar-refractivity contribution < 1.29 is 9.72 Å². The number of nitrogens with two attached hydrogens (primary N) is 1. The summed E-state index contributed by atoms with van der Waals surface area (Å²) >= 11 is 0. The summed E-state index contributed by atoms with van der Waals surface area (Å²) in [6.07, 6.45) is 1.98. The molecule has 0 aliphatic heterocycles. The van der Waals surface area contributed by atoms with Gasteiger partial charge in [-0.1, -0.05) is 12.1 Å². The average Bonchev–Trinajstić information content (AvgIpc) is 3.22. The fourth-order valence-electron chi connectivity index (χ4n) is 2.38. The number of rotatable bonds is 5. The lowest BCUT2D eigenvalue weighted by atomic mass is 9.95. The first-order valence-electron chi connectivity index (χ1n) is 6.60. The topological polar surface area (TPSA) is 89.5 Å². The molecular formula is C14H19N3O3. The Morgan fingerprint density at radius 3 is 2.75 bits per heavy atom. The Morgan fingerprint density at radius 1 is 1.55 bits per heavy atom. The maximum atomic E-state index is 12.3. The van der Waals surface area contributed by atoms with Crippen molar-refractivity contribution in [3.63, 3.8) is 0 Å². The maximum Gasteiger partial charge on any atom is 0.269 e. The number of carbonyl (C=O) groups is 1. The van der Waals surface area contributed by atoms with E-state index in [2.05, 4.69) is 0 Å². The van der Waals surface area contributed by atoms with Gasteiger partial charge in [-0.3, -0.25) is 14.9 Å². The summed E-state index contributed by atoms with van der Waals surface area (Å²) in [6, 6.07) is 6.30. The molecule has 0 heterocycles. The van der Waals surface area contributed by atoms with E-state index < -0.39 is 10.5 Å². The Morgan fingerprint density at radius 2 is 2.20 bits per heavy atom. The smallest absolute Gasteiger partial charge is 0.269 e. The molecule has 1 aliphatic rings. The predicted octanol–water partition coefficient (Wildman–Crippen LogP) is 1.68. The molecule has 6 nitrogen and oxygen atoms in total. The summed E-state index contributed by atoms with van der Waals surface area (Å²) in [5.74, 6) is 0.133. The largest absolute Gasteiger partial charge is 0.340 e. The van der Waals surface area contributed by atoms with Gasteiger partial charge in [0.25, 0.3) is 5.69 Å². The second-order valence-corrected chi connectivity index (χ2v) is 5.65. The second-order valence-electron chi connectivity index (χ2n) is 5.65. The van der Waals surface area contributed by atoms with Gasteiger partial charge in [-0.05, 0) is 31.2 Å². The zero-order valence-corrected chi connectivity index (χ0v) is 11.7. The molecule has 0 radical (unpaired) electrons. The molecule has 2 N–H and O–H groups in total. The van der Waals surface area contributed by atoms with Crippen LogP contribution in [0.2, 0.25) is 0 Å². The summed E-state index contributed by atoms with van der Waals surface area (Å²) < 4.78 is 0. The third kappa shape index (κ3) is 2.96. The van der Waals surface area contributed by atoms with Crippen LogP contribution >= 0.6 is 0 Å². The van der Waals surface area contributed by atoms with Gasteiger partial charge in [0.15, 0.2) is 0 Å². The van der Waals surface area contributed by atoms with Gasteiger partial charge in [0.2, 0.25) is 5.91 Å². The van der Waals surface area contributed by atoms with E-state index in [1.807, 2.05) is 0 Å². The lowest BCUT2D eigenvalue weighted by Crippen LogP contribution is -2.53. The highest BCUT2D eigenvalue weighted by Gasteiger charge is 2.45. The van der Waals surface area contributed by atoms with E-state index in [1.165, 1.54) is 17.0 Å². The van der Waals surface area contributed by atoms with E-state index in [0.29, 0.717) is 6.54 Å². The minimum atomic E-state index is -0.838. The fourth-order valence-corrected chi connectivity index (χ4v) is 2.38. The molecule has 1 aromatic carbocycles. The average molecular weight is 277 g/mol. The summed E-state index contributed by atoms with van der Waals surface area (Å²) in [6.45, 7) is 2.08. The lowest BCUT2D eigenvalue weighted by Gasteiger charge is -2.29. The Bertz CT molecular complexity index is 538. The van der Waals surface area contributed by atoms with Gasteiger partial charge in [-0.15, -0.1) is 0 Å². The molecule has 0 saturated heterocycles. The molecule has 20 heavy (non-hydrogen) atoms. The summed E-state index contributed by atoms with van der Waals surface area (Å²) in [5.41, 5.74) is 6.01. The molecule has 1 aromatic rings. The van der Waals surface area contributed by atoms with Crippen molar-refractivity contribution in [3.8, 4) is 0 Å². The first kappa shape index (κ1) is 14.5. The minimum Gasteiger partial charge on any atom is -0.340 e. The van der Waals surface area contributed by atoms with Crippen molar-refractivity contribution in [1.82, 2.24) is 4.90 Å². The van der Waals surface area contributed by atoms with Gasteiger partial charge >= 0.3 is 0 Å². The van der Waals surface area contributed by atoms with Crippen LogP contribution in [-0.4, -0.2) is 28.3 Å². The van der Waals surface area contributed by atoms with Crippen LogP contribution in [0.25, 0.3) is 0 Å². The van der Waals surface area contributed by atoms with Crippen LogP contribution in [0.5, 0.6) is 0 Å². The van der Waals surface area contributed by atoms with E-state index in [-0.39, 0.29) is 17.5 Å². The number of hydrogen-bond acceptors (Lipinski definition) is 4. The van der Waals surface area contributed by atoms with E-state index >= 15 is 0 Å². The van der Waals surface area contributed by atoms with Crippen molar-refractivity contribution in [1.29, 1.82) is 0 Å². The zero-order chi connectivity index (χ0) is 14.9. The van der Waals surface area contributed by atoms with E-state index in [0.717, 1.165) is 18.4 Å². The highest BCUT2D eigenvalue weighted by atomic mass is 16.6. The van der Waals surface area contributed by atoms with Crippen molar-refractivity contribution in [2.45, 2.75) is 31.8 Å². The number of likely N-dealkylation sites (N-methyl/N-ethyl adjacent to an activating group) is 1. The first-order chi connectivity index (χ1) is 9.32. The molecular weight excluding hydrogens is 258 g/mol. The molecule has 1 saturated carbocycles. The molecule has 1 atom stereocenters. The highest BCUT2D eigenvalue weighted by molar-refractivity contribution is 5.86. The number of hydrogen-bond donors (Lipinski definition) is 1. The van der Waals surface area contributed by atoms with Crippen molar-refractivity contribution >= 4 is 11.6 Å². The quantitative estimate of drug-likeness (QED) is 0.655. The monoisotopic (exact) mass is 277 g/mol. The molecule has 1 aliphatic carbocycles. The summed E-state index contributed by atoms with van der Waals surface area (Å²) in [4.78, 5) is 24.2. The molecule has 1 fully saturated rings. The molecule has 1 amide bonds.